The van der Waals surface area contributed by atoms with Gasteiger partial charge in [0, 0.05) is 25.3 Å². The van der Waals surface area contributed by atoms with E-state index in [2.05, 4.69) is 6.92 Å². The maximum atomic E-state index is 12.6. The number of nitrogens with two attached hydrogens (primary N) is 1. The zero-order valence-corrected chi connectivity index (χ0v) is 15.0. The van der Waals surface area contributed by atoms with Crippen molar-refractivity contribution in [3.8, 4) is 5.75 Å². The third-order valence-corrected chi connectivity index (χ3v) is 4.90. The van der Waals surface area contributed by atoms with Crippen LogP contribution in [0.2, 0.25) is 0 Å². The number of benzene rings is 1. The largest absolute Gasteiger partial charge is 0.491 e. The van der Waals surface area contributed by atoms with Crippen molar-refractivity contribution in [1.82, 2.24) is 4.90 Å². The van der Waals surface area contributed by atoms with Crippen LogP contribution in [0.5, 0.6) is 5.75 Å². The minimum Gasteiger partial charge on any atom is -0.491 e. The molecule has 1 aromatic rings. The Morgan fingerprint density at radius 2 is 2.17 bits per heavy atom. The number of ether oxygens (including phenoxy) is 2. The summed E-state index contributed by atoms with van der Waals surface area (Å²) in [6, 6.07) is 7.40. The van der Waals surface area contributed by atoms with Crippen LogP contribution in [0.25, 0.3) is 0 Å². The first-order valence-electron chi connectivity index (χ1n) is 8.43. The fourth-order valence-electron chi connectivity index (χ4n) is 3.20. The molecule has 3 rings (SSSR count). The van der Waals surface area contributed by atoms with Gasteiger partial charge in [0.1, 0.15) is 12.4 Å². The van der Waals surface area contributed by atoms with Crippen molar-refractivity contribution in [2.75, 3.05) is 32.8 Å². The number of hydrogen-bond donors (Lipinski definition) is 1. The summed E-state index contributed by atoms with van der Waals surface area (Å²) < 4.78 is 11.3. The summed E-state index contributed by atoms with van der Waals surface area (Å²) in [6.45, 7) is 5.69. The van der Waals surface area contributed by atoms with Gasteiger partial charge in [0.05, 0.1) is 6.10 Å². The van der Waals surface area contributed by atoms with E-state index in [-0.39, 0.29) is 29.8 Å². The molecule has 0 radical (unpaired) electrons. The number of likely N-dealkylation sites (tertiary alicyclic amines) is 1. The average molecular weight is 355 g/mol. The third kappa shape index (κ3) is 4.41. The van der Waals surface area contributed by atoms with Crippen LogP contribution >= 0.6 is 12.4 Å². The van der Waals surface area contributed by atoms with Gasteiger partial charge in [-0.05, 0) is 55.5 Å². The number of carbonyl (C=O) groups excluding carboxylic acids is 1. The van der Waals surface area contributed by atoms with E-state index in [1.54, 1.807) is 0 Å². The molecule has 0 saturated carbocycles. The highest BCUT2D eigenvalue weighted by atomic mass is 35.5. The highest BCUT2D eigenvalue weighted by Gasteiger charge is 2.35. The van der Waals surface area contributed by atoms with Crippen LogP contribution in [0.1, 0.15) is 36.5 Å². The van der Waals surface area contributed by atoms with E-state index in [0.29, 0.717) is 18.7 Å². The van der Waals surface area contributed by atoms with Gasteiger partial charge in [0.2, 0.25) is 0 Å². The molecule has 1 aromatic carbocycles. The van der Waals surface area contributed by atoms with Crippen LogP contribution < -0.4 is 10.5 Å². The van der Waals surface area contributed by atoms with Gasteiger partial charge in [-0.2, -0.15) is 0 Å². The Morgan fingerprint density at radius 3 is 2.75 bits per heavy atom. The smallest absolute Gasteiger partial charge is 0.253 e. The number of rotatable bonds is 5. The number of carbonyl (C=O) groups is 1. The van der Waals surface area contributed by atoms with Crippen LogP contribution in [0.3, 0.4) is 0 Å². The molecule has 134 valence electrons. The van der Waals surface area contributed by atoms with Crippen molar-refractivity contribution in [2.24, 2.45) is 11.1 Å². The Kier molecular flexibility index (Phi) is 6.49. The van der Waals surface area contributed by atoms with E-state index in [9.17, 15) is 4.79 Å². The number of amides is 1. The first-order valence-corrected chi connectivity index (χ1v) is 8.43. The van der Waals surface area contributed by atoms with Gasteiger partial charge in [0.25, 0.3) is 5.91 Å². The summed E-state index contributed by atoms with van der Waals surface area (Å²) in [4.78, 5) is 14.5. The fraction of sp³-hybridized carbons (Fsp3) is 0.611. The molecular weight excluding hydrogens is 328 g/mol. The fourth-order valence-corrected chi connectivity index (χ4v) is 3.20. The summed E-state index contributed by atoms with van der Waals surface area (Å²) in [6.07, 6.45) is 3.34. The van der Waals surface area contributed by atoms with Crippen molar-refractivity contribution in [3.63, 3.8) is 0 Å². The highest BCUT2D eigenvalue weighted by Crippen LogP contribution is 2.29. The van der Waals surface area contributed by atoms with Crippen LogP contribution in [0.15, 0.2) is 24.3 Å². The monoisotopic (exact) mass is 354 g/mol. The minimum atomic E-state index is 0. The zero-order valence-electron chi connectivity index (χ0n) is 14.2. The van der Waals surface area contributed by atoms with E-state index in [0.717, 1.165) is 44.7 Å². The summed E-state index contributed by atoms with van der Waals surface area (Å²) >= 11 is 0. The molecular formula is C18H27ClN2O3. The SMILES string of the molecule is CC1(CN)CCN(C(=O)c2ccc(OCC3CCCO3)cc2)C1.Cl. The van der Waals surface area contributed by atoms with Crippen LogP contribution in [-0.2, 0) is 4.74 Å². The van der Waals surface area contributed by atoms with Gasteiger partial charge in [-0.3, -0.25) is 4.79 Å². The maximum Gasteiger partial charge on any atom is 0.253 e. The summed E-state index contributed by atoms with van der Waals surface area (Å²) in [5.41, 5.74) is 6.57. The second-order valence-corrected chi connectivity index (χ2v) is 6.96. The predicted molar refractivity (Wildman–Crippen MR) is 95.8 cm³/mol. The topological polar surface area (TPSA) is 64.8 Å². The first kappa shape index (κ1) is 19.0. The normalized spacial score (nSPS) is 26.2. The van der Waals surface area contributed by atoms with Gasteiger partial charge < -0.3 is 20.1 Å². The van der Waals surface area contributed by atoms with Crippen LogP contribution in [0, 0.1) is 5.41 Å². The van der Waals surface area contributed by atoms with Crippen molar-refractivity contribution in [3.05, 3.63) is 29.8 Å². The lowest BCUT2D eigenvalue weighted by Gasteiger charge is -2.22. The molecule has 0 bridgehead atoms. The summed E-state index contributed by atoms with van der Waals surface area (Å²) in [5.74, 6) is 0.859. The average Bonchev–Trinajstić information content (AvgIpc) is 3.23. The number of nitrogens with zero attached hydrogens (tertiary/aromatic N) is 1. The lowest BCUT2D eigenvalue weighted by atomic mass is 9.90. The Bertz CT molecular complexity index is 546. The zero-order chi connectivity index (χ0) is 16.3. The number of halogens is 1. The summed E-state index contributed by atoms with van der Waals surface area (Å²) in [5, 5.41) is 0. The molecule has 2 atom stereocenters. The van der Waals surface area contributed by atoms with E-state index in [1.807, 2.05) is 29.2 Å². The van der Waals surface area contributed by atoms with Gasteiger partial charge in [-0.15, -0.1) is 12.4 Å². The third-order valence-electron chi connectivity index (χ3n) is 4.90. The lowest BCUT2D eigenvalue weighted by molar-refractivity contribution is 0.0679. The molecule has 2 fully saturated rings. The molecule has 2 N–H and O–H groups in total. The standard InChI is InChI=1S/C18H26N2O3.ClH/c1-18(12-19)8-9-20(13-18)17(21)14-4-6-15(7-5-14)23-11-16-3-2-10-22-16;/h4-7,16H,2-3,8-13,19H2,1H3;1H. The molecule has 5 nitrogen and oxygen atoms in total. The van der Waals surface area contributed by atoms with E-state index >= 15 is 0 Å². The quantitative estimate of drug-likeness (QED) is 0.882. The Balaban J connectivity index is 0.00000208. The molecule has 2 heterocycles. The Labute approximate surface area is 149 Å². The minimum absolute atomic E-state index is 0. The van der Waals surface area contributed by atoms with Gasteiger partial charge in [-0.1, -0.05) is 6.92 Å². The number of hydrogen-bond acceptors (Lipinski definition) is 4. The molecule has 0 aliphatic carbocycles. The van der Waals surface area contributed by atoms with Crippen LogP contribution in [-0.4, -0.2) is 49.8 Å². The van der Waals surface area contributed by atoms with Gasteiger partial charge in [0.15, 0.2) is 0 Å². The Hall–Kier alpha value is -1.30. The predicted octanol–water partition coefficient (Wildman–Crippen LogP) is 2.48. The molecule has 2 aliphatic heterocycles. The van der Waals surface area contributed by atoms with E-state index in [1.165, 1.54) is 0 Å². The van der Waals surface area contributed by atoms with Gasteiger partial charge in [-0.25, -0.2) is 0 Å². The molecule has 0 aromatic heterocycles. The molecule has 2 aliphatic rings. The molecule has 6 heteroatoms. The molecule has 0 spiro atoms. The molecule has 24 heavy (non-hydrogen) atoms. The van der Waals surface area contributed by atoms with E-state index < -0.39 is 0 Å². The second kappa shape index (κ2) is 8.19. The highest BCUT2D eigenvalue weighted by molar-refractivity contribution is 5.94. The lowest BCUT2D eigenvalue weighted by Crippen LogP contribution is -2.34. The summed E-state index contributed by atoms with van der Waals surface area (Å²) in [7, 11) is 0. The molecule has 1 amide bonds. The van der Waals surface area contributed by atoms with Crippen molar-refractivity contribution < 1.29 is 14.3 Å². The Morgan fingerprint density at radius 1 is 1.42 bits per heavy atom. The molecule has 2 unspecified atom stereocenters. The van der Waals surface area contributed by atoms with Gasteiger partial charge >= 0.3 is 0 Å². The molecule has 2 saturated heterocycles. The maximum absolute atomic E-state index is 12.6. The van der Waals surface area contributed by atoms with Crippen molar-refractivity contribution >= 4 is 18.3 Å². The van der Waals surface area contributed by atoms with Crippen molar-refractivity contribution in [1.29, 1.82) is 0 Å². The second-order valence-electron chi connectivity index (χ2n) is 6.96. The van der Waals surface area contributed by atoms with E-state index in [4.69, 9.17) is 15.2 Å². The first-order chi connectivity index (χ1) is 11.1. The van der Waals surface area contributed by atoms with Crippen LogP contribution in [0.4, 0.5) is 0 Å². The van der Waals surface area contributed by atoms with Crippen molar-refractivity contribution in [2.45, 2.75) is 32.3 Å².